The van der Waals surface area contributed by atoms with Gasteiger partial charge in [0, 0.05) is 19.0 Å². The molecule has 1 heterocycles. The highest BCUT2D eigenvalue weighted by molar-refractivity contribution is 7.11. The van der Waals surface area contributed by atoms with E-state index >= 15 is 0 Å². The first kappa shape index (κ1) is 16.7. The molecule has 0 spiro atoms. The molecule has 0 saturated heterocycles. The van der Waals surface area contributed by atoms with E-state index in [1.165, 1.54) is 38.5 Å². The van der Waals surface area contributed by atoms with Crippen LogP contribution < -0.4 is 10.6 Å². The molecular weight excluding hydrogens is 306 g/mol. The molecule has 0 aromatic carbocycles. The van der Waals surface area contributed by atoms with Crippen LogP contribution in [-0.2, 0) is 6.54 Å². The Morgan fingerprint density at radius 1 is 1.26 bits per heavy atom. The Balaban J connectivity index is 1.43. The van der Waals surface area contributed by atoms with E-state index in [9.17, 15) is 0 Å². The molecule has 0 radical (unpaired) electrons. The van der Waals surface area contributed by atoms with Crippen molar-refractivity contribution in [2.45, 2.75) is 70.9 Å². The highest BCUT2D eigenvalue weighted by atomic mass is 32.1. The van der Waals surface area contributed by atoms with Crippen LogP contribution in [-0.4, -0.2) is 29.2 Å². The van der Waals surface area contributed by atoms with Crippen molar-refractivity contribution in [1.82, 2.24) is 20.8 Å². The molecule has 2 N–H and O–H groups in total. The number of hydrogen-bond acceptors (Lipinski definition) is 4. The SMILES string of the molecule is CN=C(NCc1nnc(C(C)C)s1)NC1CC1C1CCCCC1. The van der Waals surface area contributed by atoms with Gasteiger partial charge in [0.1, 0.15) is 10.0 Å². The fourth-order valence-corrected chi connectivity index (χ4v) is 4.35. The third-order valence-corrected chi connectivity index (χ3v) is 6.25. The van der Waals surface area contributed by atoms with Crippen LogP contribution in [0.4, 0.5) is 0 Å². The molecular formula is C17H29N5S. The molecule has 3 rings (SSSR count). The third kappa shape index (κ3) is 4.43. The van der Waals surface area contributed by atoms with Crippen molar-refractivity contribution in [3.05, 3.63) is 10.0 Å². The molecule has 0 bridgehead atoms. The summed E-state index contributed by atoms with van der Waals surface area (Å²) >= 11 is 1.68. The number of guanidine groups is 1. The molecule has 1 aromatic heterocycles. The van der Waals surface area contributed by atoms with Gasteiger partial charge in [0.05, 0.1) is 6.54 Å². The molecule has 5 nitrogen and oxygen atoms in total. The van der Waals surface area contributed by atoms with Gasteiger partial charge in [-0.25, -0.2) is 0 Å². The summed E-state index contributed by atoms with van der Waals surface area (Å²) in [6.45, 7) is 5.00. The zero-order valence-electron chi connectivity index (χ0n) is 14.5. The van der Waals surface area contributed by atoms with Gasteiger partial charge in [-0.3, -0.25) is 4.99 Å². The standard InChI is InChI=1S/C17H29N5S/c1-11(2)16-22-21-15(23-16)10-19-17(18-3)20-14-9-13(14)12-7-5-4-6-8-12/h11-14H,4-10H2,1-3H3,(H2,18,19,20). The molecule has 0 aliphatic heterocycles. The predicted molar refractivity (Wildman–Crippen MR) is 95.8 cm³/mol. The van der Waals surface area contributed by atoms with E-state index in [0.29, 0.717) is 18.5 Å². The fraction of sp³-hybridized carbons (Fsp3) is 0.824. The number of rotatable bonds is 5. The minimum Gasteiger partial charge on any atom is -0.353 e. The number of hydrogen-bond donors (Lipinski definition) is 2. The third-order valence-electron chi connectivity index (χ3n) is 5.02. The molecule has 2 unspecified atom stereocenters. The zero-order chi connectivity index (χ0) is 16.2. The van der Waals surface area contributed by atoms with Gasteiger partial charge in [0.25, 0.3) is 0 Å². The summed E-state index contributed by atoms with van der Waals surface area (Å²) in [4.78, 5) is 4.36. The predicted octanol–water partition coefficient (Wildman–Crippen LogP) is 3.30. The second kappa shape index (κ2) is 7.60. The van der Waals surface area contributed by atoms with Crippen LogP contribution >= 0.6 is 11.3 Å². The Morgan fingerprint density at radius 2 is 2.04 bits per heavy atom. The summed E-state index contributed by atoms with van der Waals surface area (Å²) in [5.74, 6) is 3.15. The molecule has 23 heavy (non-hydrogen) atoms. The average Bonchev–Trinajstić information content (AvgIpc) is 3.17. The molecule has 2 atom stereocenters. The number of nitrogens with zero attached hydrogens (tertiary/aromatic N) is 3. The lowest BCUT2D eigenvalue weighted by atomic mass is 9.85. The second-order valence-electron chi connectivity index (χ2n) is 7.16. The lowest BCUT2D eigenvalue weighted by Gasteiger charge is -2.22. The minimum absolute atomic E-state index is 0.446. The van der Waals surface area contributed by atoms with Crippen LogP contribution in [0.2, 0.25) is 0 Å². The molecule has 2 fully saturated rings. The maximum atomic E-state index is 4.36. The Bertz CT molecular complexity index is 533. The van der Waals surface area contributed by atoms with E-state index < -0.39 is 0 Å². The van der Waals surface area contributed by atoms with E-state index in [0.717, 1.165) is 27.8 Å². The normalized spacial score (nSPS) is 25.7. The minimum atomic E-state index is 0.446. The quantitative estimate of drug-likeness (QED) is 0.640. The van der Waals surface area contributed by atoms with Crippen molar-refractivity contribution in [3.8, 4) is 0 Å². The van der Waals surface area contributed by atoms with Gasteiger partial charge in [-0.2, -0.15) is 0 Å². The zero-order valence-corrected chi connectivity index (χ0v) is 15.3. The van der Waals surface area contributed by atoms with E-state index in [-0.39, 0.29) is 0 Å². The summed E-state index contributed by atoms with van der Waals surface area (Å²) in [6, 6.07) is 0.616. The molecule has 0 amide bonds. The second-order valence-corrected chi connectivity index (χ2v) is 8.26. The summed E-state index contributed by atoms with van der Waals surface area (Å²) in [6.07, 6.45) is 8.45. The van der Waals surface area contributed by atoms with Crippen LogP contribution in [0, 0.1) is 11.8 Å². The van der Waals surface area contributed by atoms with E-state index in [4.69, 9.17) is 0 Å². The van der Waals surface area contributed by atoms with Gasteiger partial charge < -0.3 is 10.6 Å². The number of aliphatic imine (C=N–C) groups is 1. The van der Waals surface area contributed by atoms with Crippen molar-refractivity contribution in [2.24, 2.45) is 16.8 Å². The largest absolute Gasteiger partial charge is 0.353 e. The average molecular weight is 336 g/mol. The van der Waals surface area contributed by atoms with Gasteiger partial charge in [0.2, 0.25) is 0 Å². The maximum Gasteiger partial charge on any atom is 0.191 e. The molecule has 2 saturated carbocycles. The Kier molecular flexibility index (Phi) is 5.51. The topological polar surface area (TPSA) is 62.2 Å². The van der Waals surface area contributed by atoms with Gasteiger partial charge in [-0.15, -0.1) is 10.2 Å². The van der Waals surface area contributed by atoms with Crippen LogP contribution in [0.3, 0.4) is 0 Å². The highest BCUT2D eigenvalue weighted by Gasteiger charge is 2.43. The summed E-state index contributed by atoms with van der Waals surface area (Å²) in [7, 11) is 1.84. The van der Waals surface area contributed by atoms with Crippen molar-refractivity contribution in [1.29, 1.82) is 0 Å². The molecule has 2 aliphatic carbocycles. The Labute approximate surface area is 143 Å². The Morgan fingerprint density at radius 3 is 2.70 bits per heavy atom. The highest BCUT2D eigenvalue weighted by Crippen LogP contribution is 2.44. The lowest BCUT2D eigenvalue weighted by Crippen LogP contribution is -2.39. The molecule has 6 heteroatoms. The first-order valence-electron chi connectivity index (χ1n) is 8.97. The Hall–Kier alpha value is -1.17. The summed E-state index contributed by atoms with van der Waals surface area (Å²) < 4.78 is 0. The van der Waals surface area contributed by atoms with Crippen molar-refractivity contribution >= 4 is 17.3 Å². The molecule has 1 aromatic rings. The van der Waals surface area contributed by atoms with Crippen LogP contribution in [0.15, 0.2) is 4.99 Å². The maximum absolute atomic E-state index is 4.36. The summed E-state index contributed by atoms with van der Waals surface area (Å²) in [5.41, 5.74) is 0. The number of aromatic nitrogens is 2. The number of nitrogens with one attached hydrogen (secondary N) is 2. The van der Waals surface area contributed by atoms with Gasteiger partial charge in [-0.05, 0) is 18.3 Å². The van der Waals surface area contributed by atoms with Gasteiger partial charge in [-0.1, -0.05) is 57.3 Å². The monoisotopic (exact) mass is 335 g/mol. The van der Waals surface area contributed by atoms with E-state index in [2.05, 4.69) is 39.7 Å². The molecule has 2 aliphatic rings. The van der Waals surface area contributed by atoms with Crippen LogP contribution in [0.1, 0.15) is 68.3 Å². The van der Waals surface area contributed by atoms with Crippen molar-refractivity contribution in [2.75, 3.05) is 7.05 Å². The first-order chi connectivity index (χ1) is 11.2. The first-order valence-corrected chi connectivity index (χ1v) is 9.78. The van der Waals surface area contributed by atoms with Crippen molar-refractivity contribution < 1.29 is 0 Å². The molecule has 128 valence electrons. The lowest BCUT2D eigenvalue weighted by molar-refractivity contribution is 0.315. The van der Waals surface area contributed by atoms with Crippen LogP contribution in [0.25, 0.3) is 0 Å². The fourth-order valence-electron chi connectivity index (χ4n) is 3.56. The van der Waals surface area contributed by atoms with Crippen molar-refractivity contribution in [3.63, 3.8) is 0 Å². The summed E-state index contributed by atoms with van der Waals surface area (Å²) in [5, 5.41) is 17.6. The van der Waals surface area contributed by atoms with E-state index in [1.54, 1.807) is 11.3 Å². The van der Waals surface area contributed by atoms with Crippen LogP contribution in [0.5, 0.6) is 0 Å². The van der Waals surface area contributed by atoms with E-state index in [1.807, 2.05) is 7.05 Å². The van der Waals surface area contributed by atoms with Gasteiger partial charge in [0.15, 0.2) is 5.96 Å². The van der Waals surface area contributed by atoms with Gasteiger partial charge >= 0.3 is 0 Å². The smallest absolute Gasteiger partial charge is 0.191 e.